The number of hydrogen-bond donors (Lipinski definition) is 5. The van der Waals surface area contributed by atoms with E-state index in [1.165, 1.54) is 12.8 Å². The number of pyridine rings is 1. The Bertz CT molecular complexity index is 1250. The summed E-state index contributed by atoms with van der Waals surface area (Å²) >= 11 is 1.55. The highest BCUT2D eigenvalue weighted by Crippen LogP contribution is 2.45. The Morgan fingerprint density at radius 3 is 2.49 bits per heavy atom. The fourth-order valence-corrected chi connectivity index (χ4v) is 5.95. The molecule has 0 radical (unpaired) electrons. The summed E-state index contributed by atoms with van der Waals surface area (Å²) in [5.74, 6) is 0.608. The SMILES string of the molecule is Cc1nc(NCC2(C)CC2)nc(N[C@@H]2C[C@H](C(C)(C)O)[C@@H](O)[C@H]2O)c1-c1nc2c(C)nccc2s1. The van der Waals surface area contributed by atoms with Crippen molar-refractivity contribution < 1.29 is 15.3 Å². The first-order valence-corrected chi connectivity index (χ1v) is 13.0. The number of aryl methyl sites for hydroxylation is 2. The molecule has 3 aromatic heterocycles. The summed E-state index contributed by atoms with van der Waals surface area (Å²) in [5.41, 5.74) is 2.40. The molecule has 188 valence electrons. The second-order valence-electron chi connectivity index (χ2n) is 11.0. The lowest BCUT2D eigenvalue weighted by Crippen LogP contribution is -2.40. The summed E-state index contributed by atoms with van der Waals surface area (Å²) in [4.78, 5) is 18.8. The van der Waals surface area contributed by atoms with Crippen LogP contribution < -0.4 is 10.6 Å². The third-order valence-corrected chi connectivity index (χ3v) is 8.52. The average molecular weight is 499 g/mol. The molecular weight excluding hydrogens is 464 g/mol. The van der Waals surface area contributed by atoms with Gasteiger partial charge in [0.2, 0.25) is 5.95 Å². The summed E-state index contributed by atoms with van der Waals surface area (Å²) < 4.78 is 1.03. The van der Waals surface area contributed by atoms with Crippen molar-refractivity contribution in [1.82, 2.24) is 19.9 Å². The van der Waals surface area contributed by atoms with Gasteiger partial charge in [0.15, 0.2) is 0 Å². The monoisotopic (exact) mass is 498 g/mol. The van der Waals surface area contributed by atoms with Gasteiger partial charge in [0.1, 0.15) is 22.4 Å². The van der Waals surface area contributed by atoms with E-state index in [4.69, 9.17) is 15.0 Å². The number of fused-ring (bicyclic) bond motifs is 1. The zero-order valence-corrected chi connectivity index (χ0v) is 21.6. The van der Waals surface area contributed by atoms with Crippen LogP contribution in [-0.4, -0.2) is 65.7 Å². The Morgan fingerprint density at radius 2 is 1.86 bits per heavy atom. The molecule has 35 heavy (non-hydrogen) atoms. The molecule has 0 saturated heterocycles. The highest BCUT2D eigenvalue weighted by molar-refractivity contribution is 7.21. The summed E-state index contributed by atoms with van der Waals surface area (Å²) in [6.45, 7) is 10.2. The third-order valence-electron chi connectivity index (χ3n) is 7.48. The standard InChI is InChI=1S/C25H34N6O3S/c1-12-17(22-30-18-13(2)26-9-6-16(18)35-22)21(31-23(28-12)27-11-25(5)7-8-25)29-15-10-14(24(3,4)34)19(32)20(15)33/h6,9,14-15,19-20,32-34H,7-8,10-11H2,1-5H3,(H2,27,28,29,31)/t14-,15+,19+,20-/m0/s1. The number of nitrogens with zero attached hydrogens (tertiary/aromatic N) is 4. The van der Waals surface area contributed by atoms with Gasteiger partial charge in [0, 0.05) is 18.7 Å². The quantitative estimate of drug-likeness (QED) is 0.332. The van der Waals surface area contributed by atoms with Crippen molar-refractivity contribution in [3.05, 3.63) is 23.7 Å². The minimum atomic E-state index is -1.12. The van der Waals surface area contributed by atoms with Crippen molar-refractivity contribution in [2.75, 3.05) is 17.2 Å². The lowest BCUT2D eigenvalue weighted by atomic mass is 9.88. The van der Waals surface area contributed by atoms with E-state index in [2.05, 4.69) is 22.5 Å². The molecule has 0 aliphatic heterocycles. The molecule has 2 saturated carbocycles. The first kappa shape index (κ1) is 24.3. The number of nitrogens with one attached hydrogen (secondary N) is 2. The fourth-order valence-electron chi connectivity index (χ4n) is 4.84. The van der Waals surface area contributed by atoms with E-state index in [0.717, 1.165) is 38.7 Å². The van der Waals surface area contributed by atoms with Gasteiger partial charge in [-0.3, -0.25) is 4.98 Å². The van der Waals surface area contributed by atoms with Crippen molar-refractivity contribution in [2.45, 2.75) is 77.7 Å². The summed E-state index contributed by atoms with van der Waals surface area (Å²) in [6, 6.07) is 1.46. The summed E-state index contributed by atoms with van der Waals surface area (Å²) in [6.07, 6.45) is 2.47. The van der Waals surface area contributed by atoms with Crippen LogP contribution in [0.4, 0.5) is 11.8 Å². The number of anilines is 2. The van der Waals surface area contributed by atoms with Crippen LogP contribution in [0.3, 0.4) is 0 Å². The average Bonchev–Trinajstić information content (AvgIpc) is 3.24. The van der Waals surface area contributed by atoms with E-state index in [1.54, 1.807) is 31.4 Å². The summed E-state index contributed by atoms with van der Waals surface area (Å²) in [5, 5.41) is 39.5. The van der Waals surface area contributed by atoms with Crippen LogP contribution in [0.5, 0.6) is 0 Å². The van der Waals surface area contributed by atoms with Gasteiger partial charge < -0.3 is 26.0 Å². The Labute approximate surface area is 209 Å². The number of aliphatic hydroxyl groups is 3. The van der Waals surface area contributed by atoms with Gasteiger partial charge in [-0.25, -0.2) is 9.97 Å². The van der Waals surface area contributed by atoms with Crippen LogP contribution in [0.2, 0.25) is 0 Å². The molecule has 0 unspecified atom stereocenters. The van der Waals surface area contributed by atoms with E-state index in [0.29, 0.717) is 18.2 Å². The molecule has 10 heteroatoms. The van der Waals surface area contributed by atoms with Crippen molar-refractivity contribution in [2.24, 2.45) is 11.3 Å². The van der Waals surface area contributed by atoms with E-state index in [1.807, 2.05) is 19.9 Å². The second-order valence-corrected chi connectivity index (χ2v) is 12.0. The maximum atomic E-state index is 10.8. The molecule has 4 atom stereocenters. The molecule has 5 rings (SSSR count). The van der Waals surface area contributed by atoms with E-state index >= 15 is 0 Å². The summed E-state index contributed by atoms with van der Waals surface area (Å²) in [7, 11) is 0. The molecule has 0 spiro atoms. The molecule has 0 bridgehead atoms. The topological polar surface area (TPSA) is 136 Å². The normalized spacial score (nSPS) is 25.7. The zero-order valence-electron chi connectivity index (χ0n) is 20.8. The Morgan fingerprint density at radius 1 is 1.11 bits per heavy atom. The van der Waals surface area contributed by atoms with E-state index in [9.17, 15) is 15.3 Å². The minimum Gasteiger partial charge on any atom is -0.390 e. The van der Waals surface area contributed by atoms with Crippen molar-refractivity contribution >= 4 is 33.3 Å². The number of hydrogen-bond acceptors (Lipinski definition) is 10. The maximum Gasteiger partial charge on any atom is 0.224 e. The van der Waals surface area contributed by atoms with Crippen molar-refractivity contribution in [3.8, 4) is 10.6 Å². The highest BCUT2D eigenvalue weighted by atomic mass is 32.1. The molecule has 9 nitrogen and oxygen atoms in total. The Hall–Kier alpha value is -2.40. The first-order chi connectivity index (χ1) is 16.4. The highest BCUT2D eigenvalue weighted by Gasteiger charge is 2.48. The van der Waals surface area contributed by atoms with Gasteiger partial charge >= 0.3 is 0 Å². The molecule has 0 amide bonds. The maximum absolute atomic E-state index is 10.8. The molecular formula is C25H34N6O3S. The van der Waals surface area contributed by atoms with Gasteiger partial charge in [-0.1, -0.05) is 6.92 Å². The predicted molar refractivity (Wildman–Crippen MR) is 138 cm³/mol. The number of aliphatic hydroxyl groups excluding tert-OH is 2. The fraction of sp³-hybridized carbons (Fsp3) is 0.600. The van der Waals surface area contributed by atoms with Crippen molar-refractivity contribution in [1.29, 1.82) is 0 Å². The molecule has 5 N–H and O–H groups in total. The molecule has 0 aromatic carbocycles. The first-order valence-electron chi connectivity index (χ1n) is 12.2. The lowest BCUT2D eigenvalue weighted by molar-refractivity contribution is -0.0601. The van der Waals surface area contributed by atoms with E-state index < -0.39 is 29.8 Å². The van der Waals surface area contributed by atoms with Crippen LogP contribution in [0.1, 0.15) is 51.4 Å². The van der Waals surface area contributed by atoms with Gasteiger partial charge in [-0.2, -0.15) is 4.98 Å². The predicted octanol–water partition coefficient (Wildman–Crippen LogP) is 3.27. The molecule has 2 fully saturated rings. The van der Waals surface area contributed by atoms with Crippen LogP contribution in [0.25, 0.3) is 20.8 Å². The number of rotatable bonds is 7. The zero-order chi connectivity index (χ0) is 25.1. The third kappa shape index (κ3) is 4.72. The van der Waals surface area contributed by atoms with Crippen LogP contribution in [0.15, 0.2) is 12.3 Å². The number of thiazole rings is 1. The Balaban J connectivity index is 1.53. The minimum absolute atomic E-state index is 0.284. The molecule has 3 heterocycles. The smallest absolute Gasteiger partial charge is 0.224 e. The second kappa shape index (κ2) is 8.62. The van der Waals surface area contributed by atoms with Gasteiger partial charge in [0.25, 0.3) is 0 Å². The lowest BCUT2D eigenvalue weighted by Gasteiger charge is -2.28. The van der Waals surface area contributed by atoms with E-state index in [-0.39, 0.29) is 5.41 Å². The Kier molecular flexibility index (Phi) is 5.98. The molecule has 2 aliphatic carbocycles. The molecule has 3 aromatic rings. The van der Waals surface area contributed by atoms with Crippen molar-refractivity contribution in [3.63, 3.8) is 0 Å². The van der Waals surface area contributed by atoms with Gasteiger partial charge in [-0.15, -0.1) is 11.3 Å². The largest absolute Gasteiger partial charge is 0.390 e. The van der Waals surface area contributed by atoms with Gasteiger partial charge in [-0.05, 0) is 58.4 Å². The van der Waals surface area contributed by atoms with Crippen LogP contribution in [0, 0.1) is 25.2 Å². The van der Waals surface area contributed by atoms with Crippen LogP contribution in [-0.2, 0) is 0 Å². The van der Waals surface area contributed by atoms with Crippen LogP contribution >= 0.6 is 11.3 Å². The van der Waals surface area contributed by atoms with Gasteiger partial charge in [0.05, 0.1) is 39.4 Å². The molecule has 2 aliphatic rings. The number of aromatic nitrogens is 4.